The Bertz CT molecular complexity index is 537. The number of H-pyrrole nitrogens is 1. The number of hydrogen-bond acceptors (Lipinski definition) is 2. The number of nitrogens with zero attached hydrogens (tertiary/aromatic N) is 1. The quantitative estimate of drug-likeness (QED) is 0.877. The van der Waals surface area contributed by atoms with Crippen LogP contribution in [0.25, 0.3) is 0 Å². The molecule has 18 heavy (non-hydrogen) atoms. The van der Waals surface area contributed by atoms with Crippen molar-refractivity contribution in [1.82, 2.24) is 15.3 Å². The maximum atomic E-state index is 13.5. The molecule has 0 aliphatic carbocycles. The van der Waals surface area contributed by atoms with Crippen molar-refractivity contribution in [1.29, 1.82) is 0 Å². The van der Waals surface area contributed by atoms with Crippen molar-refractivity contribution >= 4 is 0 Å². The van der Waals surface area contributed by atoms with Gasteiger partial charge in [0.05, 0.1) is 0 Å². The Morgan fingerprint density at radius 2 is 2.17 bits per heavy atom. The van der Waals surface area contributed by atoms with Gasteiger partial charge in [0.1, 0.15) is 17.5 Å². The lowest BCUT2D eigenvalue weighted by molar-refractivity contribution is 0.516. The first kappa shape index (κ1) is 12.7. The fourth-order valence-corrected chi connectivity index (χ4v) is 1.78. The van der Waals surface area contributed by atoms with Crippen LogP contribution in [0.2, 0.25) is 0 Å². The normalized spacial score (nSPS) is 12.7. The lowest BCUT2D eigenvalue weighted by atomic mass is 10.1. The van der Waals surface area contributed by atoms with Gasteiger partial charge in [0.25, 0.3) is 0 Å². The van der Waals surface area contributed by atoms with Crippen molar-refractivity contribution in [3.8, 4) is 0 Å². The van der Waals surface area contributed by atoms with Crippen LogP contribution in [0.15, 0.2) is 24.4 Å². The molecule has 0 aliphatic heterocycles. The largest absolute Gasteiger partial charge is 0.345 e. The minimum atomic E-state index is -0.433. The summed E-state index contributed by atoms with van der Waals surface area (Å²) in [6.45, 7) is 4.18. The Labute approximate surface area is 104 Å². The Morgan fingerprint density at radius 3 is 2.83 bits per heavy atom. The van der Waals surface area contributed by atoms with Crippen molar-refractivity contribution in [3.63, 3.8) is 0 Å². The van der Waals surface area contributed by atoms with E-state index >= 15 is 0 Å². The molecule has 0 bridgehead atoms. The summed E-state index contributed by atoms with van der Waals surface area (Å²) in [7, 11) is 0. The molecule has 1 heterocycles. The summed E-state index contributed by atoms with van der Waals surface area (Å²) in [4.78, 5) is 7.14. The van der Waals surface area contributed by atoms with Crippen molar-refractivity contribution in [2.45, 2.75) is 26.4 Å². The van der Waals surface area contributed by atoms with Gasteiger partial charge >= 0.3 is 0 Å². The summed E-state index contributed by atoms with van der Waals surface area (Å²) < 4.78 is 26.6. The molecule has 0 spiro atoms. The number of nitrogens with one attached hydrogen (secondary N) is 2. The van der Waals surface area contributed by atoms with Crippen LogP contribution in [0.3, 0.4) is 0 Å². The summed E-state index contributed by atoms with van der Waals surface area (Å²) >= 11 is 0. The van der Waals surface area contributed by atoms with E-state index in [-0.39, 0.29) is 6.04 Å². The van der Waals surface area contributed by atoms with Crippen LogP contribution in [-0.2, 0) is 6.54 Å². The standard InChI is InChI=1S/C13H15F2N3/c1-8(12-5-10(14)3-4-13(12)15)16-6-11-7-17-9(2)18-11/h3-5,7-8,16H,6H2,1-2H3,(H,17,18). The van der Waals surface area contributed by atoms with Gasteiger partial charge in [-0.3, -0.25) is 0 Å². The van der Waals surface area contributed by atoms with Gasteiger partial charge in [-0.05, 0) is 32.0 Å². The van der Waals surface area contributed by atoms with Crippen LogP contribution in [0.1, 0.15) is 30.0 Å². The Balaban J connectivity index is 2.03. The SMILES string of the molecule is Cc1ncc(CNC(C)c2cc(F)ccc2F)[nH]1. The van der Waals surface area contributed by atoms with E-state index in [1.807, 2.05) is 6.92 Å². The molecule has 1 aromatic heterocycles. The van der Waals surface area contributed by atoms with Crippen LogP contribution in [0.4, 0.5) is 8.78 Å². The highest BCUT2D eigenvalue weighted by Crippen LogP contribution is 2.18. The van der Waals surface area contributed by atoms with Crippen LogP contribution < -0.4 is 5.32 Å². The van der Waals surface area contributed by atoms with Crippen molar-refractivity contribution in [2.75, 3.05) is 0 Å². The van der Waals surface area contributed by atoms with Gasteiger partial charge in [-0.2, -0.15) is 0 Å². The first-order valence-corrected chi connectivity index (χ1v) is 5.75. The van der Waals surface area contributed by atoms with Gasteiger partial charge in [0, 0.05) is 30.0 Å². The minimum Gasteiger partial charge on any atom is -0.345 e. The molecule has 0 fully saturated rings. The molecule has 0 aliphatic rings. The lowest BCUT2D eigenvalue weighted by Gasteiger charge is -2.14. The number of hydrogen-bond donors (Lipinski definition) is 2. The van der Waals surface area contributed by atoms with E-state index in [4.69, 9.17) is 0 Å². The average molecular weight is 251 g/mol. The predicted molar refractivity (Wildman–Crippen MR) is 64.9 cm³/mol. The molecule has 0 amide bonds. The zero-order chi connectivity index (χ0) is 13.1. The Kier molecular flexibility index (Phi) is 3.72. The van der Waals surface area contributed by atoms with Crippen LogP contribution in [0.5, 0.6) is 0 Å². The molecule has 5 heteroatoms. The van der Waals surface area contributed by atoms with Gasteiger partial charge in [0.15, 0.2) is 0 Å². The molecule has 1 unspecified atom stereocenters. The van der Waals surface area contributed by atoms with Crippen LogP contribution in [-0.4, -0.2) is 9.97 Å². The molecule has 1 aromatic carbocycles. The van der Waals surface area contributed by atoms with Crippen molar-refractivity contribution in [2.24, 2.45) is 0 Å². The Hall–Kier alpha value is -1.75. The molecule has 0 saturated carbocycles. The summed E-state index contributed by atoms with van der Waals surface area (Å²) in [5.41, 5.74) is 1.24. The van der Waals surface area contributed by atoms with Gasteiger partial charge < -0.3 is 10.3 Å². The Morgan fingerprint density at radius 1 is 1.39 bits per heavy atom. The number of aromatic nitrogens is 2. The lowest BCUT2D eigenvalue weighted by Crippen LogP contribution is -2.19. The fraction of sp³-hybridized carbons (Fsp3) is 0.308. The van der Waals surface area contributed by atoms with E-state index in [1.54, 1.807) is 13.1 Å². The molecule has 0 saturated heterocycles. The third-order valence-electron chi connectivity index (χ3n) is 2.78. The van der Waals surface area contributed by atoms with E-state index in [9.17, 15) is 8.78 Å². The number of halogens is 2. The van der Waals surface area contributed by atoms with Gasteiger partial charge in [-0.25, -0.2) is 13.8 Å². The van der Waals surface area contributed by atoms with Crippen LogP contribution >= 0.6 is 0 Å². The van der Waals surface area contributed by atoms with E-state index in [1.165, 1.54) is 6.07 Å². The molecule has 1 atom stereocenters. The molecule has 3 nitrogen and oxygen atoms in total. The summed E-state index contributed by atoms with van der Waals surface area (Å²) in [6, 6.07) is 3.20. The maximum absolute atomic E-state index is 13.5. The van der Waals surface area contributed by atoms with Crippen molar-refractivity contribution in [3.05, 3.63) is 53.1 Å². The van der Waals surface area contributed by atoms with E-state index < -0.39 is 11.6 Å². The zero-order valence-electron chi connectivity index (χ0n) is 10.3. The third kappa shape index (κ3) is 2.92. The maximum Gasteiger partial charge on any atom is 0.128 e. The summed E-state index contributed by atoms with van der Waals surface area (Å²) in [5, 5.41) is 3.12. The van der Waals surface area contributed by atoms with Gasteiger partial charge in [-0.1, -0.05) is 0 Å². The summed E-state index contributed by atoms with van der Waals surface area (Å²) in [6.07, 6.45) is 1.72. The highest BCUT2D eigenvalue weighted by Gasteiger charge is 2.11. The van der Waals surface area contributed by atoms with Gasteiger partial charge in [-0.15, -0.1) is 0 Å². The number of aromatic amines is 1. The fourth-order valence-electron chi connectivity index (χ4n) is 1.78. The molecule has 0 radical (unpaired) electrons. The van der Waals surface area contributed by atoms with Crippen LogP contribution in [0, 0.1) is 18.6 Å². The molecule has 2 N–H and O–H groups in total. The predicted octanol–water partition coefficient (Wildman–Crippen LogP) is 2.85. The molecule has 96 valence electrons. The first-order chi connectivity index (χ1) is 8.56. The molecular formula is C13H15F2N3. The smallest absolute Gasteiger partial charge is 0.128 e. The number of aryl methyl sites for hydroxylation is 1. The molecular weight excluding hydrogens is 236 g/mol. The van der Waals surface area contributed by atoms with E-state index in [2.05, 4.69) is 15.3 Å². The van der Waals surface area contributed by atoms with E-state index in [0.29, 0.717) is 12.1 Å². The second-order valence-corrected chi connectivity index (χ2v) is 4.26. The topological polar surface area (TPSA) is 40.7 Å². The highest BCUT2D eigenvalue weighted by molar-refractivity contribution is 5.21. The zero-order valence-corrected chi connectivity index (χ0v) is 10.3. The van der Waals surface area contributed by atoms with Crippen molar-refractivity contribution < 1.29 is 8.78 Å². The second kappa shape index (κ2) is 5.27. The highest BCUT2D eigenvalue weighted by atomic mass is 19.1. The molecule has 2 aromatic rings. The monoisotopic (exact) mass is 251 g/mol. The third-order valence-corrected chi connectivity index (χ3v) is 2.78. The molecule has 2 rings (SSSR count). The minimum absolute atomic E-state index is 0.274. The first-order valence-electron chi connectivity index (χ1n) is 5.75. The average Bonchev–Trinajstić information content (AvgIpc) is 2.75. The van der Waals surface area contributed by atoms with Gasteiger partial charge in [0.2, 0.25) is 0 Å². The number of imidazole rings is 1. The summed E-state index contributed by atoms with van der Waals surface area (Å²) in [5.74, 6) is -0.00832. The van der Waals surface area contributed by atoms with E-state index in [0.717, 1.165) is 23.7 Å². The number of rotatable bonds is 4. The second-order valence-electron chi connectivity index (χ2n) is 4.26. The number of benzene rings is 1.